The van der Waals surface area contributed by atoms with Crippen molar-refractivity contribution < 1.29 is 38.1 Å². The van der Waals surface area contributed by atoms with Gasteiger partial charge in [0.1, 0.15) is 22.4 Å². The minimum atomic E-state index is -0.706. The summed E-state index contributed by atoms with van der Waals surface area (Å²) in [5.74, 6) is -2.06. The van der Waals surface area contributed by atoms with Gasteiger partial charge < -0.3 is 18.9 Å². The van der Waals surface area contributed by atoms with Crippen LogP contribution < -0.4 is 0 Å². The van der Waals surface area contributed by atoms with E-state index in [9.17, 15) is 19.2 Å². The van der Waals surface area contributed by atoms with Crippen molar-refractivity contribution in [1.29, 1.82) is 0 Å². The van der Waals surface area contributed by atoms with Crippen molar-refractivity contribution in [3.63, 3.8) is 0 Å². The van der Waals surface area contributed by atoms with Crippen LogP contribution in [0.4, 0.5) is 0 Å². The summed E-state index contributed by atoms with van der Waals surface area (Å²) < 4.78 is 21.8. The maximum Gasteiger partial charge on any atom is 0.320 e. The normalized spacial score (nSPS) is 12.7. The first kappa shape index (κ1) is 38.3. The second-order valence-corrected chi connectivity index (χ2v) is 14.8. The standard InChI is InChI=1S/C31H50ClN3O8/c1-28(2,3)40-24(36)17-34(18-25(37)41-29(4,5)6)15-22-13-21(32)14-23(33-22)16-35(19-26(38)42-30(7,8)9)20-27(39)43-31(10,11)12/h13-14H,15-20H2,1-12H3. The molecule has 0 bridgehead atoms. The summed E-state index contributed by atoms with van der Waals surface area (Å²) >= 11 is 6.44. The summed E-state index contributed by atoms with van der Waals surface area (Å²) in [4.78, 5) is 58.4. The molecule has 12 heteroatoms. The molecule has 0 saturated heterocycles. The Balaban J connectivity index is 3.26. The lowest BCUT2D eigenvalue weighted by Crippen LogP contribution is -2.40. The highest BCUT2D eigenvalue weighted by molar-refractivity contribution is 6.30. The minimum Gasteiger partial charge on any atom is -0.459 e. The molecule has 0 fully saturated rings. The molecule has 0 spiro atoms. The van der Waals surface area contributed by atoms with Gasteiger partial charge in [-0.05, 0) is 95.2 Å². The summed E-state index contributed by atoms with van der Waals surface area (Å²) in [6, 6.07) is 3.24. The van der Waals surface area contributed by atoms with Crippen molar-refractivity contribution in [2.24, 2.45) is 0 Å². The summed E-state index contributed by atoms with van der Waals surface area (Å²) in [6.07, 6.45) is 0. The van der Waals surface area contributed by atoms with Gasteiger partial charge in [0, 0.05) is 18.1 Å². The third-order valence-corrected chi connectivity index (χ3v) is 4.98. The molecule has 11 nitrogen and oxygen atoms in total. The summed E-state index contributed by atoms with van der Waals surface area (Å²) in [5, 5.41) is 0.351. The predicted octanol–water partition coefficient (Wildman–Crippen LogP) is 4.71. The molecule has 0 unspecified atom stereocenters. The van der Waals surface area contributed by atoms with Crippen LogP contribution in [-0.4, -0.2) is 87.2 Å². The number of nitrogens with zero attached hydrogens (tertiary/aromatic N) is 3. The lowest BCUT2D eigenvalue weighted by Gasteiger charge is -2.27. The highest BCUT2D eigenvalue weighted by atomic mass is 35.5. The number of rotatable bonds is 12. The molecule has 1 heterocycles. The summed E-state index contributed by atoms with van der Waals surface area (Å²) in [7, 11) is 0. The molecule has 0 aliphatic heterocycles. The Labute approximate surface area is 261 Å². The highest BCUT2D eigenvalue weighted by Crippen LogP contribution is 2.18. The molecular formula is C31H50ClN3O8. The summed E-state index contributed by atoms with van der Waals surface area (Å²) in [5.41, 5.74) is -1.90. The number of pyridine rings is 1. The SMILES string of the molecule is CC(C)(C)OC(=O)CN(CC(=O)OC(C)(C)C)Cc1cc(Cl)cc(CN(CC(=O)OC(C)(C)C)CC(=O)OC(C)(C)C)n1. The van der Waals surface area contributed by atoms with Crippen LogP contribution in [0, 0.1) is 0 Å². The van der Waals surface area contributed by atoms with Crippen molar-refractivity contribution >= 4 is 35.5 Å². The Hall–Kier alpha value is -2.76. The zero-order valence-electron chi connectivity index (χ0n) is 27.9. The van der Waals surface area contributed by atoms with E-state index >= 15 is 0 Å². The van der Waals surface area contributed by atoms with Gasteiger partial charge in [-0.25, -0.2) is 0 Å². The Morgan fingerprint density at radius 3 is 1.00 bits per heavy atom. The van der Waals surface area contributed by atoms with Crippen LogP contribution in [0.25, 0.3) is 0 Å². The predicted molar refractivity (Wildman–Crippen MR) is 163 cm³/mol. The van der Waals surface area contributed by atoms with Crippen LogP contribution >= 0.6 is 11.6 Å². The van der Waals surface area contributed by atoms with E-state index in [4.69, 9.17) is 30.5 Å². The second kappa shape index (κ2) is 15.3. The molecule has 1 aromatic rings. The fourth-order valence-corrected chi connectivity index (χ4v) is 4.04. The van der Waals surface area contributed by atoms with Crippen molar-refractivity contribution in [2.45, 2.75) is 119 Å². The number of halogens is 1. The van der Waals surface area contributed by atoms with Crippen LogP contribution in [0.3, 0.4) is 0 Å². The molecule has 1 rings (SSSR count). The van der Waals surface area contributed by atoms with Crippen molar-refractivity contribution in [2.75, 3.05) is 26.2 Å². The Kier molecular flexibility index (Phi) is 13.6. The quantitative estimate of drug-likeness (QED) is 0.236. The van der Waals surface area contributed by atoms with Gasteiger partial charge >= 0.3 is 23.9 Å². The third kappa shape index (κ3) is 19.2. The molecule has 0 aromatic carbocycles. The Morgan fingerprint density at radius 1 is 0.558 bits per heavy atom. The average molecular weight is 628 g/mol. The molecule has 0 atom stereocenters. The van der Waals surface area contributed by atoms with Gasteiger partial charge in [0.05, 0.1) is 37.6 Å². The van der Waals surface area contributed by atoms with Crippen molar-refractivity contribution in [3.8, 4) is 0 Å². The first-order valence-electron chi connectivity index (χ1n) is 14.3. The maximum absolute atomic E-state index is 12.7. The molecule has 0 amide bonds. The molecule has 0 N–H and O–H groups in total. The molecule has 244 valence electrons. The minimum absolute atomic E-state index is 0.0736. The van der Waals surface area contributed by atoms with Gasteiger partial charge in [0.25, 0.3) is 0 Å². The largest absolute Gasteiger partial charge is 0.459 e. The van der Waals surface area contributed by atoms with Gasteiger partial charge in [-0.1, -0.05) is 11.6 Å². The number of esters is 4. The molecule has 43 heavy (non-hydrogen) atoms. The number of carbonyl (C=O) groups excluding carboxylic acids is 4. The third-order valence-electron chi connectivity index (χ3n) is 4.76. The van der Waals surface area contributed by atoms with Gasteiger partial charge in [-0.15, -0.1) is 0 Å². The Morgan fingerprint density at radius 2 is 0.791 bits per heavy atom. The van der Waals surface area contributed by atoms with Crippen molar-refractivity contribution in [3.05, 3.63) is 28.5 Å². The lowest BCUT2D eigenvalue weighted by atomic mass is 10.2. The maximum atomic E-state index is 12.7. The van der Waals surface area contributed by atoms with Crippen LogP contribution in [0.2, 0.25) is 5.02 Å². The number of ether oxygens (including phenoxy) is 4. The molecule has 0 radical (unpaired) electrons. The van der Waals surface area contributed by atoms with E-state index in [1.807, 2.05) is 0 Å². The van der Waals surface area contributed by atoms with Crippen LogP contribution in [0.5, 0.6) is 0 Å². The van der Waals surface area contributed by atoms with Gasteiger partial charge in [0.15, 0.2) is 0 Å². The van der Waals surface area contributed by atoms with E-state index < -0.39 is 46.3 Å². The molecule has 0 aliphatic rings. The van der Waals surface area contributed by atoms with E-state index in [-0.39, 0.29) is 39.3 Å². The number of hydrogen-bond acceptors (Lipinski definition) is 11. The topological polar surface area (TPSA) is 125 Å². The van der Waals surface area contributed by atoms with Gasteiger partial charge in [-0.3, -0.25) is 34.0 Å². The van der Waals surface area contributed by atoms with E-state index in [0.29, 0.717) is 16.4 Å². The van der Waals surface area contributed by atoms with E-state index in [1.54, 1.807) is 105 Å². The van der Waals surface area contributed by atoms with Crippen LogP contribution in [0.15, 0.2) is 12.1 Å². The van der Waals surface area contributed by atoms with Crippen LogP contribution in [0.1, 0.15) is 94.5 Å². The Bertz CT molecular complexity index is 984. The molecule has 0 aliphatic carbocycles. The average Bonchev–Trinajstić information content (AvgIpc) is 2.66. The zero-order chi connectivity index (χ0) is 33.4. The smallest absolute Gasteiger partial charge is 0.320 e. The highest BCUT2D eigenvalue weighted by Gasteiger charge is 2.26. The first-order valence-corrected chi connectivity index (χ1v) is 14.6. The monoisotopic (exact) mass is 627 g/mol. The van der Waals surface area contributed by atoms with E-state index in [0.717, 1.165) is 0 Å². The lowest BCUT2D eigenvalue weighted by molar-refractivity contribution is -0.162. The molecule has 0 saturated carbocycles. The zero-order valence-corrected chi connectivity index (χ0v) is 28.6. The number of aromatic nitrogens is 1. The first-order chi connectivity index (χ1) is 19.3. The fraction of sp³-hybridized carbons (Fsp3) is 0.710. The van der Waals surface area contributed by atoms with Gasteiger partial charge in [0.2, 0.25) is 0 Å². The number of hydrogen-bond donors (Lipinski definition) is 0. The summed E-state index contributed by atoms with van der Waals surface area (Å²) in [6.45, 7) is 20.5. The van der Waals surface area contributed by atoms with Crippen molar-refractivity contribution in [1.82, 2.24) is 14.8 Å². The molecular weight excluding hydrogens is 578 g/mol. The molecule has 1 aromatic heterocycles. The number of carbonyl (C=O) groups is 4. The van der Waals surface area contributed by atoms with E-state index in [1.165, 1.54) is 0 Å². The van der Waals surface area contributed by atoms with Gasteiger partial charge in [-0.2, -0.15) is 0 Å². The van der Waals surface area contributed by atoms with Crippen LogP contribution in [-0.2, 0) is 51.2 Å². The second-order valence-electron chi connectivity index (χ2n) is 14.4. The van der Waals surface area contributed by atoms with E-state index in [2.05, 4.69) is 4.98 Å². The fourth-order valence-electron chi connectivity index (χ4n) is 3.79.